The summed E-state index contributed by atoms with van der Waals surface area (Å²) in [6.07, 6.45) is 0.799. The van der Waals surface area contributed by atoms with Gasteiger partial charge in [0, 0.05) is 37.9 Å². The molecule has 0 saturated carbocycles. The van der Waals surface area contributed by atoms with Crippen LogP contribution in [-0.2, 0) is 11.3 Å². The summed E-state index contributed by atoms with van der Waals surface area (Å²) in [4.78, 5) is 11.6. The number of carbonyl (C=O) groups is 1. The number of nitrogens with one attached hydrogen (secondary N) is 2. The Labute approximate surface area is 125 Å². The molecule has 0 fully saturated rings. The van der Waals surface area contributed by atoms with Crippen molar-refractivity contribution >= 4 is 6.03 Å². The standard InChI is InChI=1S/C15H24N2O4/c1-4-21-9-5-8-16-15(18)17-11-12-6-7-13(19-2)10-14(12)20-3/h6-7,10H,4-5,8-9,11H2,1-3H3,(H2,16,17,18). The lowest BCUT2D eigenvalue weighted by molar-refractivity contribution is 0.145. The lowest BCUT2D eigenvalue weighted by Crippen LogP contribution is -2.35. The predicted octanol–water partition coefficient (Wildman–Crippen LogP) is 1.93. The minimum absolute atomic E-state index is 0.204. The number of urea groups is 1. The van der Waals surface area contributed by atoms with Gasteiger partial charge in [-0.15, -0.1) is 0 Å². The Hall–Kier alpha value is -1.95. The van der Waals surface area contributed by atoms with E-state index in [2.05, 4.69) is 10.6 Å². The fourth-order valence-corrected chi connectivity index (χ4v) is 1.76. The molecule has 0 aliphatic carbocycles. The van der Waals surface area contributed by atoms with Crippen molar-refractivity contribution in [1.82, 2.24) is 10.6 Å². The minimum Gasteiger partial charge on any atom is -0.497 e. The molecule has 1 aromatic carbocycles. The van der Waals surface area contributed by atoms with E-state index in [4.69, 9.17) is 14.2 Å². The number of rotatable bonds is 9. The zero-order valence-corrected chi connectivity index (χ0v) is 12.9. The van der Waals surface area contributed by atoms with Gasteiger partial charge in [0.25, 0.3) is 0 Å². The van der Waals surface area contributed by atoms with Crippen molar-refractivity contribution in [3.05, 3.63) is 23.8 Å². The summed E-state index contributed by atoms with van der Waals surface area (Å²) in [6, 6.07) is 5.29. The fraction of sp³-hybridized carbons (Fsp3) is 0.533. The van der Waals surface area contributed by atoms with Gasteiger partial charge in [0.1, 0.15) is 11.5 Å². The zero-order chi connectivity index (χ0) is 15.5. The van der Waals surface area contributed by atoms with Crippen molar-refractivity contribution in [3.63, 3.8) is 0 Å². The smallest absolute Gasteiger partial charge is 0.315 e. The maximum Gasteiger partial charge on any atom is 0.315 e. The second-order valence-electron chi connectivity index (χ2n) is 4.34. The quantitative estimate of drug-likeness (QED) is 0.683. The minimum atomic E-state index is -0.204. The monoisotopic (exact) mass is 296 g/mol. The molecule has 1 rings (SSSR count). The van der Waals surface area contributed by atoms with Crippen LogP contribution in [0.4, 0.5) is 4.79 Å². The SMILES string of the molecule is CCOCCCNC(=O)NCc1ccc(OC)cc1OC. The lowest BCUT2D eigenvalue weighted by Gasteiger charge is -2.12. The third-order valence-corrected chi connectivity index (χ3v) is 2.89. The Balaban J connectivity index is 2.35. The molecule has 0 heterocycles. The Morgan fingerprint density at radius 2 is 2.00 bits per heavy atom. The van der Waals surface area contributed by atoms with Crippen molar-refractivity contribution in [2.75, 3.05) is 34.0 Å². The van der Waals surface area contributed by atoms with E-state index in [-0.39, 0.29) is 6.03 Å². The van der Waals surface area contributed by atoms with E-state index in [1.165, 1.54) is 0 Å². The summed E-state index contributed by atoms with van der Waals surface area (Å²) in [7, 11) is 3.19. The zero-order valence-electron chi connectivity index (χ0n) is 12.9. The molecule has 6 nitrogen and oxygen atoms in total. The van der Waals surface area contributed by atoms with Gasteiger partial charge in [0.15, 0.2) is 0 Å². The molecule has 0 saturated heterocycles. The predicted molar refractivity (Wildman–Crippen MR) is 80.9 cm³/mol. The molecule has 0 aliphatic rings. The number of carbonyl (C=O) groups excluding carboxylic acids is 1. The Morgan fingerprint density at radius 3 is 2.67 bits per heavy atom. The molecule has 0 bridgehead atoms. The Bertz CT molecular complexity index is 438. The third kappa shape index (κ3) is 6.35. The number of methoxy groups -OCH3 is 2. The van der Waals surface area contributed by atoms with Crippen LogP contribution in [0.15, 0.2) is 18.2 Å². The topological polar surface area (TPSA) is 68.8 Å². The summed E-state index contributed by atoms with van der Waals surface area (Å²) < 4.78 is 15.6. The van der Waals surface area contributed by atoms with Crippen LogP contribution in [0.1, 0.15) is 18.9 Å². The van der Waals surface area contributed by atoms with Crippen LogP contribution < -0.4 is 20.1 Å². The molecule has 2 amide bonds. The van der Waals surface area contributed by atoms with E-state index in [1.54, 1.807) is 20.3 Å². The molecule has 0 spiro atoms. The number of hydrogen-bond acceptors (Lipinski definition) is 4. The summed E-state index contributed by atoms with van der Waals surface area (Å²) in [5.41, 5.74) is 0.891. The number of hydrogen-bond donors (Lipinski definition) is 2. The number of ether oxygens (including phenoxy) is 3. The Morgan fingerprint density at radius 1 is 1.19 bits per heavy atom. The molecule has 0 unspecified atom stereocenters. The molecular weight excluding hydrogens is 272 g/mol. The van der Waals surface area contributed by atoms with Crippen molar-refractivity contribution in [1.29, 1.82) is 0 Å². The van der Waals surface area contributed by atoms with Crippen LogP contribution in [0.25, 0.3) is 0 Å². The molecule has 1 aromatic rings. The summed E-state index contributed by atoms with van der Waals surface area (Å²) >= 11 is 0. The fourth-order valence-electron chi connectivity index (χ4n) is 1.76. The summed E-state index contributed by atoms with van der Waals surface area (Å²) in [5.74, 6) is 1.40. The van der Waals surface area contributed by atoms with E-state index >= 15 is 0 Å². The normalized spacial score (nSPS) is 10.0. The van der Waals surface area contributed by atoms with Crippen LogP contribution in [-0.4, -0.2) is 40.0 Å². The molecule has 0 aliphatic heterocycles. The van der Waals surface area contributed by atoms with Crippen molar-refractivity contribution in [3.8, 4) is 11.5 Å². The maximum atomic E-state index is 11.6. The van der Waals surface area contributed by atoms with E-state index in [1.807, 2.05) is 19.1 Å². The van der Waals surface area contributed by atoms with Crippen LogP contribution in [0.2, 0.25) is 0 Å². The average Bonchev–Trinajstić information content (AvgIpc) is 2.52. The average molecular weight is 296 g/mol. The second kappa shape index (κ2) is 9.88. The van der Waals surface area contributed by atoms with Gasteiger partial charge in [-0.3, -0.25) is 0 Å². The highest BCUT2D eigenvalue weighted by atomic mass is 16.5. The van der Waals surface area contributed by atoms with Crippen LogP contribution in [0.5, 0.6) is 11.5 Å². The largest absolute Gasteiger partial charge is 0.497 e. The van der Waals surface area contributed by atoms with E-state index in [0.717, 1.165) is 17.7 Å². The van der Waals surface area contributed by atoms with Crippen LogP contribution in [0.3, 0.4) is 0 Å². The first-order chi connectivity index (χ1) is 10.2. The highest BCUT2D eigenvalue weighted by Gasteiger charge is 2.06. The highest BCUT2D eigenvalue weighted by molar-refractivity contribution is 5.73. The number of benzene rings is 1. The molecule has 2 N–H and O–H groups in total. The molecule has 21 heavy (non-hydrogen) atoms. The first kappa shape index (κ1) is 17.1. The second-order valence-corrected chi connectivity index (χ2v) is 4.34. The Kier molecular flexibility index (Phi) is 8.04. The van der Waals surface area contributed by atoms with Gasteiger partial charge in [-0.2, -0.15) is 0 Å². The van der Waals surface area contributed by atoms with Gasteiger partial charge in [-0.25, -0.2) is 4.79 Å². The van der Waals surface area contributed by atoms with Gasteiger partial charge >= 0.3 is 6.03 Å². The van der Waals surface area contributed by atoms with Crippen molar-refractivity contribution in [2.45, 2.75) is 19.9 Å². The molecule has 0 radical (unpaired) electrons. The number of amides is 2. The molecule has 0 atom stereocenters. The van der Waals surface area contributed by atoms with Gasteiger partial charge in [-0.05, 0) is 25.5 Å². The van der Waals surface area contributed by atoms with Gasteiger partial charge in [-0.1, -0.05) is 0 Å². The van der Waals surface area contributed by atoms with Gasteiger partial charge in [0.05, 0.1) is 14.2 Å². The van der Waals surface area contributed by atoms with E-state index < -0.39 is 0 Å². The third-order valence-electron chi connectivity index (χ3n) is 2.89. The van der Waals surface area contributed by atoms with E-state index in [9.17, 15) is 4.79 Å². The van der Waals surface area contributed by atoms with Gasteiger partial charge in [0.2, 0.25) is 0 Å². The first-order valence-corrected chi connectivity index (χ1v) is 7.01. The first-order valence-electron chi connectivity index (χ1n) is 7.01. The maximum absolute atomic E-state index is 11.6. The summed E-state index contributed by atoms with van der Waals surface area (Å²) in [5, 5.41) is 5.57. The molecule has 6 heteroatoms. The van der Waals surface area contributed by atoms with Gasteiger partial charge < -0.3 is 24.8 Å². The lowest BCUT2D eigenvalue weighted by atomic mass is 10.2. The van der Waals surface area contributed by atoms with Crippen molar-refractivity contribution in [2.24, 2.45) is 0 Å². The summed E-state index contributed by atoms with van der Waals surface area (Å²) in [6.45, 7) is 4.28. The molecule has 0 aromatic heterocycles. The molecular formula is C15H24N2O4. The van der Waals surface area contributed by atoms with Crippen LogP contribution in [0, 0.1) is 0 Å². The molecule has 118 valence electrons. The van der Waals surface area contributed by atoms with Crippen molar-refractivity contribution < 1.29 is 19.0 Å². The van der Waals surface area contributed by atoms with E-state index in [0.29, 0.717) is 32.1 Å². The van der Waals surface area contributed by atoms with Crippen LogP contribution >= 0.6 is 0 Å². The highest BCUT2D eigenvalue weighted by Crippen LogP contribution is 2.24.